The number of benzene rings is 1. The molecule has 0 aromatic heterocycles. The van der Waals surface area contributed by atoms with Crippen molar-refractivity contribution in [2.75, 3.05) is 0 Å². The minimum absolute atomic E-state index is 0.300. The fourth-order valence-electron chi connectivity index (χ4n) is 1.63. The van der Waals surface area contributed by atoms with Gasteiger partial charge in [0.1, 0.15) is 6.10 Å². The molecule has 2 atom stereocenters. The molecular formula is C13H17NO3. The Balaban J connectivity index is 2.50. The molecule has 0 heterocycles. The third-order valence-corrected chi connectivity index (χ3v) is 2.62. The molecule has 92 valence electrons. The highest BCUT2D eigenvalue weighted by atomic mass is 16.6. The maximum Gasteiger partial charge on any atom is 0.238 e. The lowest BCUT2D eigenvalue weighted by Gasteiger charge is -2.12. The van der Waals surface area contributed by atoms with Crippen molar-refractivity contribution in [3.05, 3.63) is 52.1 Å². The molecule has 0 aliphatic rings. The maximum atomic E-state index is 10.6. The van der Waals surface area contributed by atoms with Crippen molar-refractivity contribution < 1.29 is 10.0 Å². The molecule has 4 heteroatoms. The Morgan fingerprint density at radius 1 is 1.41 bits per heavy atom. The van der Waals surface area contributed by atoms with Crippen molar-refractivity contribution in [2.24, 2.45) is 0 Å². The molecule has 0 fully saturated rings. The first kappa shape index (κ1) is 13.4. The summed E-state index contributed by atoms with van der Waals surface area (Å²) in [6.07, 6.45) is 3.35. The van der Waals surface area contributed by atoms with E-state index in [4.69, 9.17) is 0 Å². The fraction of sp³-hybridized carbons (Fsp3) is 0.385. The number of hydrogen-bond donors (Lipinski definition) is 1. The van der Waals surface area contributed by atoms with Gasteiger partial charge in [-0.2, -0.15) is 0 Å². The van der Waals surface area contributed by atoms with Gasteiger partial charge in [0, 0.05) is 11.3 Å². The van der Waals surface area contributed by atoms with Crippen LogP contribution in [0.3, 0.4) is 0 Å². The number of aliphatic hydroxyl groups excluding tert-OH is 1. The predicted molar refractivity (Wildman–Crippen MR) is 67.2 cm³/mol. The van der Waals surface area contributed by atoms with Crippen LogP contribution >= 0.6 is 0 Å². The molecule has 0 unspecified atom stereocenters. The quantitative estimate of drug-likeness (QED) is 0.608. The molecule has 0 aliphatic carbocycles. The number of nitro groups is 1. The Morgan fingerprint density at radius 2 is 2.06 bits per heavy atom. The van der Waals surface area contributed by atoms with Crippen molar-refractivity contribution in [1.82, 2.24) is 0 Å². The Bertz CT molecular complexity index is 376. The van der Waals surface area contributed by atoms with Crippen LogP contribution in [0.4, 0.5) is 0 Å². The van der Waals surface area contributed by atoms with Crippen LogP contribution in [0, 0.1) is 10.1 Å². The Hall–Kier alpha value is -1.68. The van der Waals surface area contributed by atoms with Gasteiger partial charge in [-0.3, -0.25) is 10.1 Å². The SMILES string of the molecule is CC[C@H]([C@H](O)C/C=C/c1ccccc1)[N+](=O)[O-]. The van der Waals surface area contributed by atoms with Crippen LogP contribution in [-0.4, -0.2) is 22.2 Å². The van der Waals surface area contributed by atoms with E-state index in [9.17, 15) is 15.2 Å². The van der Waals surface area contributed by atoms with E-state index in [0.29, 0.717) is 12.8 Å². The van der Waals surface area contributed by atoms with Gasteiger partial charge in [-0.05, 0) is 12.0 Å². The van der Waals surface area contributed by atoms with Crippen molar-refractivity contribution in [3.8, 4) is 0 Å². The summed E-state index contributed by atoms with van der Waals surface area (Å²) < 4.78 is 0. The second-order valence-electron chi connectivity index (χ2n) is 3.88. The van der Waals surface area contributed by atoms with Crippen molar-refractivity contribution in [3.63, 3.8) is 0 Å². The third kappa shape index (κ3) is 4.36. The van der Waals surface area contributed by atoms with Crippen molar-refractivity contribution in [2.45, 2.75) is 31.9 Å². The first-order valence-corrected chi connectivity index (χ1v) is 5.68. The van der Waals surface area contributed by atoms with E-state index >= 15 is 0 Å². The van der Waals surface area contributed by atoms with Gasteiger partial charge in [-0.1, -0.05) is 49.4 Å². The molecule has 0 spiro atoms. The molecule has 0 aliphatic heterocycles. The summed E-state index contributed by atoms with van der Waals surface area (Å²) >= 11 is 0. The lowest BCUT2D eigenvalue weighted by Crippen LogP contribution is -2.32. The van der Waals surface area contributed by atoms with Gasteiger partial charge in [0.25, 0.3) is 0 Å². The van der Waals surface area contributed by atoms with Crippen LogP contribution in [0.15, 0.2) is 36.4 Å². The maximum absolute atomic E-state index is 10.6. The van der Waals surface area contributed by atoms with Gasteiger partial charge in [0.05, 0.1) is 0 Å². The largest absolute Gasteiger partial charge is 0.386 e. The average Bonchev–Trinajstić information content (AvgIpc) is 2.30. The van der Waals surface area contributed by atoms with Crippen LogP contribution in [0.25, 0.3) is 6.08 Å². The van der Waals surface area contributed by atoms with Gasteiger partial charge < -0.3 is 5.11 Å². The van der Waals surface area contributed by atoms with E-state index in [-0.39, 0.29) is 0 Å². The predicted octanol–water partition coefficient (Wildman–Crippen LogP) is 2.51. The van der Waals surface area contributed by atoms with Gasteiger partial charge in [-0.15, -0.1) is 0 Å². The Kier molecular flexibility index (Phi) is 5.36. The van der Waals surface area contributed by atoms with Crippen LogP contribution < -0.4 is 0 Å². The summed E-state index contributed by atoms with van der Waals surface area (Å²) in [6, 6.07) is 8.76. The second kappa shape index (κ2) is 6.81. The third-order valence-electron chi connectivity index (χ3n) is 2.62. The molecule has 0 bridgehead atoms. The minimum atomic E-state index is -0.921. The monoisotopic (exact) mass is 235 g/mol. The zero-order valence-electron chi connectivity index (χ0n) is 9.82. The molecule has 0 amide bonds. The van der Waals surface area contributed by atoms with Gasteiger partial charge in [-0.25, -0.2) is 0 Å². The molecule has 4 nitrogen and oxygen atoms in total. The average molecular weight is 235 g/mol. The number of hydrogen-bond acceptors (Lipinski definition) is 3. The molecule has 0 saturated carbocycles. The summed E-state index contributed by atoms with van der Waals surface area (Å²) in [5.41, 5.74) is 1.02. The summed E-state index contributed by atoms with van der Waals surface area (Å²) in [4.78, 5) is 10.2. The van der Waals surface area contributed by atoms with E-state index in [1.54, 1.807) is 13.0 Å². The highest BCUT2D eigenvalue weighted by Gasteiger charge is 2.26. The smallest absolute Gasteiger partial charge is 0.238 e. The first-order chi connectivity index (χ1) is 8.15. The fourth-order valence-corrected chi connectivity index (χ4v) is 1.63. The Morgan fingerprint density at radius 3 is 2.59 bits per heavy atom. The summed E-state index contributed by atoms with van der Waals surface area (Å²) in [6.45, 7) is 1.71. The van der Waals surface area contributed by atoms with E-state index < -0.39 is 17.1 Å². The number of rotatable bonds is 6. The molecular weight excluding hydrogens is 218 g/mol. The lowest BCUT2D eigenvalue weighted by molar-refractivity contribution is -0.534. The number of aliphatic hydroxyl groups is 1. The molecule has 0 radical (unpaired) electrons. The van der Waals surface area contributed by atoms with Crippen molar-refractivity contribution in [1.29, 1.82) is 0 Å². The summed E-state index contributed by atoms with van der Waals surface area (Å²) in [5, 5.41) is 20.3. The van der Waals surface area contributed by atoms with E-state index in [1.165, 1.54) is 0 Å². The molecule has 1 N–H and O–H groups in total. The highest BCUT2D eigenvalue weighted by Crippen LogP contribution is 2.09. The molecule has 17 heavy (non-hydrogen) atoms. The summed E-state index contributed by atoms with van der Waals surface area (Å²) in [7, 11) is 0. The normalized spacial score (nSPS) is 14.7. The molecule has 1 aromatic carbocycles. The lowest BCUT2D eigenvalue weighted by atomic mass is 10.1. The van der Waals surface area contributed by atoms with Gasteiger partial charge in [0.15, 0.2) is 0 Å². The standard InChI is InChI=1S/C13H17NO3/c1-2-12(14(16)17)13(15)10-6-9-11-7-4-3-5-8-11/h3-9,12-13,15H,2,10H2,1H3/b9-6+/t12-,13-/m1/s1. The van der Waals surface area contributed by atoms with Crippen molar-refractivity contribution >= 4 is 6.08 Å². The second-order valence-corrected chi connectivity index (χ2v) is 3.88. The molecule has 0 saturated heterocycles. The highest BCUT2D eigenvalue weighted by molar-refractivity contribution is 5.48. The first-order valence-electron chi connectivity index (χ1n) is 5.68. The van der Waals surface area contributed by atoms with E-state index in [1.807, 2.05) is 36.4 Å². The van der Waals surface area contributed by atoms with Crippen LogP contribution in [0.2, 0.25) is 0 Å². The zero-order chi connectivity index (χ0) is 12.7. The molecule has 1 aromatic rings. The number of nitrogens with zero attached hydrogens (tertiary/aromatic N) is 1. The van der Waals surface area contributed by atoms with Crippen LogP contribution in [0.5, 0.6) is 0 Å². The Labute approximate surface area is 101 Å². The minimum Gasteiger partial charge on any atom is -0.386 e. The van der Waals surface area contributed by atoms with Crippen LogP contribution in [0.1, 0.15) is 25.3 Å². The topological polar surface area (TPSA) is 63.4 Å². The van der Waals surface area contributed by atoms with E-state index in [0.717, 1.165) is 5.56 Å². The van der Waals surface area contributed by atoms with Gasteiger partial charge in [0.2, 0.25) is 6.04 Å². The van der Waals surface area contributed by atoms with Gasteiger partial charge >= 0.3 is 0 Å². The van der Waals surface area contributed by atoms with Crippen LogP contribution in [-0.2, 0) is 0 Å². The van der Waals surface area contributed by atoms with E-state index in [2.05, 4.69) is 0 Å². The molecule has 1 rings (SSSR count). The summed E-state index contributed by atoms with van der Waals surface area (Å²) in [5.74, 6) is 0. The zero-order valence-corrected chi connectivity index (χ0v) is 9.82.